The predicted molar refractivity (Wildman–Crippen MR) is 179 cm³/mol. The number of hydrogen-bond donors (Lipinski definition) is 4. The zero-order valence-electron chi connectivity index (χ0n) is 27.1. The largest absolute Gasteiger partial charge is 0.493 e. The third-order valence-corrected chi connectivity index (χ3v) is 8.09. The summed E-state index contributed by atoms with van der Waals surface area (Å²) in [6, 6.07) is 16.7. The van der Waals surface area contributed by atoms with Gasteiger partial charge in [-0.15, -0.1) is 5.10 Å². The van der Waals surface area contributed by atoms with E-state index in [4.69, 9.17) is 14.2 Å². The highest BCUT2D eigenvalue weighted by molar-refractivity contribution is 5.89. The Labute approximate surface area is 273 Å². The fraction of sp³-hybridized carbons (Fsp3) is 0.343. The highest BCUT2D eigenvalue weighted by Crippen LogP contribution is 2.50. The van der Waals surface area contributed by atoms with Gasteiger partial charge in [0.2, 0.25) is 28.9 Å². The number of methoxy groups -OCH3 is 3. The third-order valence-electron chi connectivity index (χ3n) is 8.09. The van der Waals surface area contributed by atoms with E-state index in [9.17, 15) is 14.4 Å². The Balaban J connectivity index is 1.28. The molecule has 1 atom stereocenters. The van der Waals surface area contributed by atoms with E-state index in [-0.39, 0.29) is 29.6 Å². The van der Waals surface area contributed by atoms with Crippen molar-refractivity contribution >= 4 is 23.5 Å². The van der Waals surface area contributed by atoms with Gasteiger partial charge < -0.3 is 24.8 Å². The van der Waals surface area contributed by atoms with Crippen molar-refractivity contribution in [2.24, 2.45) is 0 Å². The molecule has 3 aromatic carbocycles. The zero-order valence-corrected chi connectivity index (χ0v) is 27.1. The third kappa shape index (κ3) is 7.89. The fourth-order valence-electron chi connectivity index (χ4n) is 5.88. The van der Waals surface area contributed by atoms with Gasteiger partial charge in [0.05, 0.1) is 33.1 Å². The molecule has 1 aliphatic rings. The molecule has 5 rings (SSSR count). The molecule has 0 saturated heterocycles. The summed E-state index contributed by atoms with van der Waals surface area (Å²) in [5, 5.41) is 15.9. The minimum Gasteiger partial charge on any atom is -0.493 e. The Morgan fingerprint density at radius 3 is 2.49 bits per heavy atom. The van der Waals surface area contributed by atoms with Crippen LogP contribution in [0.4, 0.5) is 11.6 Å². The highest BCUT2D eigenvalue weighted by Gasteiger charge is 2.29. The number of amides is 2. The molecule has 12 heteroatoms. The summed E-state index contributed by atoms with van der Waals surface area (Å²) >= 11 is 0. The average Bonchev–Trinajstić information content (AvgIpc) is 3.39. The summed E-state index contributed by atoms with van der Waals surface area (Å²) in [7, 11) is 4.67. The van der Waals surface area contributed by atoms with Crippen LogP contribution in [-0.2, 0) is 28.9 Å². The van der Waals surface area contributed by atoms with Crippen LogP contribution in [0.25, 0.3) is 11.1 Å². The molecule has 1 aromatic heterocycles. The molecule has 1 aliphatic carbocycles. The van der Waals surface area contributed by atoms with Crippen molar-refractivity contribution in [3.05, 3.63) is 87.3 Å². The van der Waals surface area contributed by atoms with Gasteiger partial charge in [-0.05, 0) is 66.1 Å². The summed E-state index contributed by atoms with van der Waals surface area (Å²) < 4.78 is 17.1. The first-order chi connectivity index (χ1) is 22.8. The molecular weight excluding hydrogens is 600 g/mol. The molecule has 0 aliphatic heterocycles. The van der Waals surface area contributed by atoms with Crippen LogP contribution < -0.4 is 35.6 Å². The Bertz CT molecular complexity index is 1790. The van der Waals surface area contributed by atoms with Gasteiger partial charge in [-0.1, -0.05) is 36.4 Å². The molecule has 0 saturated carbocycles. The summed E-state index contributed by atoms with van der Waals surface area (Å²) in [5.74, 6) is 1.98. The summed E-state index contributed by atoms with van der Waals surface area (Å²) in [4.78, 5) is 42.6. The maximum absolute atomic E-state index is 13.5. The molecule has 0 spiro atoms. The van der Waals surface area contributed by atoms with E-state index < -0.39 is 6.04 Å². The molecule has 0 unspecified atom stereocenters. The molecule has 2 amide bonds. The van der Waals surface area contributed by atoms with Crippen LogP contribution in [0.3, 0.4) is 0 Å². The Kier molecular flexibility index (Phi) is 10.7. The molecule has 47 heavy (non-hydrogen) atoms. The number of aryl methyl sites for hydroxylation is 3. The summed E-state index contributed by atoms with van der Waals surface area (Å²) in [6.45, 7) is 1.84. The molecule has 12 nitrogen and oxygen atoms in total. The van der Waals surface area contributed by atoms with Crippen LogP contribution in [0.5, 0.6) is 17.2 Å². The van der Waals surface area contributed by atoms with Crippen LogP contribution >= 0.6 is 0 Å². The molecular formula is C35H40N6O6. The lowest BCUT2D eigenvalue weighted by Gasteiger charge is -2.19. The second-order valence-corrected chi connectivity index (χ2v) is 11.3. The maximum atomic E-state index is 13.5. The second-order valence-electron chi connectivity index (χ2n) is 11.3. The quantitative estimate of drug-likeness (QED) is 0.153. The van der Waals surface area contributed by atoms with E-state index >= 15 is 0 Å². The zero-order chi connectivity index (χ0) is 33.3. The molecule has 4 N–H and O–H groups in total. The SMILES string of the molecule is COc1cc2c(c(OC)c1OC)-c1ccc(NCCCC(=O)Nc3n[nH]c(CCc4ccccc4)n3)c(=O)cc1[C@@H](NC(C)=O)CC2. The van der Waals surface area contributed by atoms with Gasteiger partial charge >= 0.3 is 0 Å². The number of nitrogens with one attached hydrogen (secondary N) is 4. The number of carbonyl (C=O) groups is 2. The molecule has 0 fully saturated rings. The van der Waals surface area contributed by atoms with Crippen LogP contribution in [0.15, 0.2) is 59.4 Å². The lowest BCUT2D eigenvalue weighted by Crippen LogP contribution is -2.26. The average molecular weight is 641 g/mol. The van der Waals surface area contributed by atoms with Crippen LogP contribution in [0, 0.1) is 0 Å². The van der Waals surface area contributed by atoms with E-state index in [1.54, 1.807) is 33.5 Å². The van der Waals surface area contributed by atoms with Crippen molar-refractivity contribution < 1.29 is 23.8 Å². The first kappa shape index (κ1) is 33.0. The number of rotatable bonds is 13. The molecule has 246 valence electrons. The number of aromatic amines is 1. The Morgan fingerprint density at radius 2 is 1.77 bits per heavy atom. The fourth-order valence-corrected chi connectivity index (χ4v) is 5.88. The van der Waals surface area contributed by atoms with Gasteiger partial charge in [0, 0.05) is 31.9 Å². The van der Waals surface area contributed by atoms with Gasteiger partial charge in [0.25, 0.3) is 0 Å². The lowest BCUT2D eigenvalue weighted by molar-refractivity contribution is -0.119. The molecule has 0 bridgehead atoms. The number of fused-ring (bicyclic) bond motifs is 3. The second kappa shape index (κ2) is 15.3. The summed E-state index contributed by atoms with van der Waals surface area (Å²) in [6.07, 6.45) is 3.35. The molecule has 1 heterocycles. The number of benzene rings is 2. The number of ether oxygens (including phenoxy) is 3. The van der Waals surface area contributed by atoms with E-state index in [0.717, 1.165) is 23.1 Å². The molecule has 4 aromatic rings. The van der Waals surface area contributed by atoms with E-state index in [1.165, 1.54) is 12.5 Å². The minimum atomic E-state index is -0.400. The number of carbonyl (C=O) groups excluding carboxylic acids is 2. The number of anilines is 2. The van der Waals surface area contributed by atoms with Gasteiger partial charge in [0.1, 0.15) is 5.82 Å². The lowest BCUT2D eigenvalue weighted by atomic mass is 9.95. The Hall–Kier alpha value is -5.39. The number of nitrogens with zero attached hydrogens (tertiary/aromatic N) is 2. The van der Waals surface area contributed by atoms with Crippen LogP contribution in [-0.4, -0.2) is 54.9 Å². The van der Waals surface area contributed by atoms with E-state index in [0.29, 0.717) is 66.6 Å². The first-order valence-electron chi connectivity index (χ1n) is 15.6. The number of hydrogen-bond acceptors (Lipinski definition) is 9. The van der Waals surface area contributed by atoms with Crippen molar-refractivity contribution in [3.63, 3.8) is 0 Å². The van der Waals surface area contributed by atoms with Crippen molar-refractivity contribution in [2.75, 3.05) is 38.5 Å². The minimum absolute atomic E-state index is 0.196. The monoisotopic (exact) mass is 640 g/mol. The van der Waals surface area contributed by atoms with Crippen LogP contribution in [0.1, 0.15) is 54.7 Å². The normalized spacial score (nSPS) is 13.4. The van der Waals surface area contributed by atoms with Crippen LogP contribution in [0.2, 0.25) is 0 Å². The first-order valence-corrected chi connectivity index (χ1v) is 15.6. The number of H-pyrrole nitrogens is 1. The van der Waals surface area contributed by atoms with Gasteiger partial charge in [-0.3, -0.25) is 24.8 Å². The number of aromatic nitrogens is 3. The van der Waals surface area contributed by atoms with Crippen molar-refractivity contribution in [1.29, 1.82) is 0 Å². The van der Waals surface area contributed by atoms with Gasteiger partial charge in [-0.2, -0.15) is 4.98 Å². The van der Waals surface area contributed by atoms with E-state index in [1.807, 2.05) is 30.3 Å². The Morgan fingerprint density at radius 1 is 0.979 bits per heavy atom. The topological polar surface area (TPSA) is 157 Å². The highest BCUT2D eigenvalue weighted by atomic mass is 16.5. The van der Waals surface area contributed by atoms with Crippen molar-refractivity contribution in [1.82, 2.24) is 20.5 Å². The maximum Gasteiger partial charge on any atom is 0.248 e. The standard InChI is InChI=1S/C35H40N6O6/c1-21(42)37-26-15-13-23-19-29(45-2)33(46-3)34(47-4)32(23)24-14-16-27(28(43)20-25(24)26)36-18-8-11-31(44)39-35-38-30(40-41-35)17-12-22-9-6-5-7-10-22/h5-7,9-10,14,16,19-20,26H,8,11-13,15,17-18H2,1-4H3,(H,36,43)(H,37,42)(H2,38,39,40,41,44)/t26-/m0/s1. The van der Waals surface area contributed by atoms with Crippen molar-refractivity contribution in [2.45, 2.75) is 51.5 Å². The predicted octanol–water partition coefficient (Wildman–Crippen LogP) is 4.60. The van der Waals surface area contributed by atoms with Crippen molar-refractivity contribution in [3.8, 4) is 28.4 Å². The summed E-state index contributed by atoms with van der Waals surface area (Å²) in [5.41, 5.74) is 4.48. The van der Waals surface area contributed by atoms with E-state index in [2.05, 4.69) is 43.3 Å². The van der Waals surface area contributed by atoms with Gasteiger partial charge in [0.15, 0.2) is 11.5 Å². The molecule has 0 radical (unpaired) electrons. The van der Waals surface area contributed by atoms with Gasteiger partial charge in [-0.25, -0.2) is 0 Å². The smallest absolute Gasteiger partial charge is 0.248 e.